The maximum Gasteiger partial charge on any atom is 0.267 e. The molecule has 0 spiro atoms. The minimum Gasteiger partial charge on any atom is -0.506 e. The van der Waals surface area contributed by atoms with Gasteiger partial charge in [-0.3, -0.25) is 9.59 Å². The summed E-state index contributed by atoms with van der Waals surface area (Å²) in [5.41, 5.74) is 0.704. The number of aryl methyl sites for hydroxylation is 2. The number of rotatable bonds is 1. The first-order chi connectivity index (χ1) is 9.79. The first-order valence-electron chi connectivity index (χ1n) is 6.99. The molecule has 5 heteroatoms. The van der Waals surface area contributed by atoms with Gasteiger partial charge < -0.3 is 15.0 Å². The van der Waals surface area contributed by atoms with Crippen LogP contribution in [0.2, 0.25) is 0 Å². The molecule has 1 aliphatic rings. The van der Waals surface area contributed by atoms with E-state index in [0.717, 1.165) is 17.5 Å². The van der Waals surface area contributed by atoms with Gasteiger partial charge in [-0.15, -0.1) is 0 Å². The van der Waals surface area contributed by atoms with E-state index < -0.39 is 17.0 Å². The predicted octanol–water partition coefficient (Wildman–Crippen LogP) is 1.79. The maximum atomic E-state index is 12.5. The van der Waals surface area contributed by atoms with Crippen LogP contribution in [0.1, 0.15) is 36.7 Å². The number of benzene rings is 1. The number of nitrogens with one attached hydrogen (secondary N) is 1. The second kappa shape index (κ2) is 4.35. The van der Waals surface area contributed by atoms with Crippen molar-refractivity contribution in [2.24, 2.45) is 0 Å². The van der Waals surface area contributed by atoms with Crippen LogP contribution in [0.4, 0.5) is 0 Å². The minimum absolute atomic E-state index is 0.170. The highest BCUT2D eigenvalue weighted by Gasteiger charge is 2.27. The van der Waals surface area contributed by atoms with E-state index in [9.17, 15) is 14.7 Å². The van der Waals surface area contributed by atoms with Crippen molar-refractivity contribution in [3.8, 4) is 5.75 Å². The average molecular weight is 286 g/mol. The summed E-state index contributed by atoms with van der Waals surface area (Å²) in [6.45, 7) is 6.04. The standard InChI is InChI=1S/C16H18N2O3/c1-16(2,3)17-14(20)11-13(19)10-6-4-5-9-7-8-18(12(9)10)15(11)21/h4-6,19H,7-8H2,1-3H3,(H,17,20). The number of amides is 1. The molecule has 0 fully saturated rings. The molecule has 1 aromatic carbocycles. The van der Waals surface area contributed by atoms with Crippen LogP contribution in [-0.4, -0.2) is 21.1 Å². The SMILES string of the molecule is CC(C)(C)NC(=O)c1c(O)c2cccc3c2n(c1=O)CC3. The quantitative estimate of drug-likeness (QED) is 0.839. The van der Waals surface area contributed by atoms with E-state index >= 15 is 0 Å². The van der Waals surface area contributed by atoms with Crippen molar-refractivity contribution in [2.45, 2.75) is 39.3 Å². The van der Waals surface area contributed by atoms with Gasteiger partial charge in [-0.2, -0.15) is 0 Å². The third-order valence-corrected chi connectivity index (χ3v) is 3.66. The summed E-state index contributed by atoms with van der Waals surface area (Å²) in [6, 6.07) is 5.52. The van der Waals surface area contributed by atoms with Crippen molar-refractivity contribution >= 4 is 16.8 Å². The van der Waals surface area contributed by atoms with Crippen LogP contribution < -0.4 is 10.9 Å². The van der Waals surface area contributed by atoms with E-state index in [1.807, 2.05) is 32.9 Å². The Hall–Kier alpha value is -2.30. The molecule has 0 saturated carbocycles. The molecular formula is C16H18N2O3. The normalized spacial score (nSPS) is 13.7. The van der Waals surface area contributed by atoms with Gasteiger partial charge in [-0.1, -0.05) is 12.1 Å². The molecule has 0 unspecified atom stereocenters. The Morgan fingerprint density at radius 2 is 2.05 bits per heavy atom. The zero-order chi connectivity index (χ0) is 15.4. The average Bonchev–Trinajstić information content (AvgIpc) is 2.79. The summed E-state index contributed by atoms with van der Waals surface area (Å²) in [5.74, 6) is -0.760. The number of aromatic hydroxyl groups is 1. The van der Waals surface area contributed by atoms with Gasteiger partial charge in [0, 0.05) is 17.5 Å². The van der Waals surface area contributed by atoms with E-state index in [-0.39, 0.29) is 11.3 Å². The molecule has 0 atom stereocenters. The Labute approximate surface area is 122 Å². The molecule has 0 aliphatic carbocycles. The van der Waals surface area contributed by atoms with Gasteiger partial charge in [0.1, 0.15) is 11.3 Å². The number of carbonyl (C=O) groups is 1. The first kappa shape index (κ1) is 13.7. The van der Waals surface area contributed by atoms with Crippen molar-refractivity contribution in [3.63, 3.8) is 0 Å². The van der Waals surface area contributed by atoms with Gasteiger partial charge in [-0.05, 0) is 38.8 Å². The van der Waals surface area contributed by atoms with Crippen LogP contribution in [-0.2, 0) is 13.0 Å². The van der Waals surface area contributed by atoms with Crippen molar-refractivity contribution in [1.82, 2.24) is 9.88 Å². The molecule has 1 aromatic heterocycles. The van der Waals surface area contributed by atoms with E-state index in [0.29, 0.717) is 11.9 Å². The lowest BCUT2D eigenvalue weighted by atomic mass is 10.0. The fourth-order valence-electron chi connectivity index (χ4n) is 2.83. The molecular weight excluding hydrogens is 268 g/mol. The van der Waals surface area contributed by atoms with Crippen LogP contribution in [0.15, 0.2) is 23.0 Å². The topological polar surface area (TPSA) is 71.3 Å². The molecule has 110 valence electrons. The van der Waals surface area contributed by atoms with Crippen molar-refractivity contribution in [3.05, 3.63) is 39.7 Å². The molecule has 0 saturated heterocycles. The molecule has 2 N–H and O–H groups in total. The highest BCUT2D eigenvalue weighted by Crippen LogP contribution is 2.32. The molecule has 0 bridgehead atoms. The molecule has 2 aromatic rings. The molecule has 3 rings (SSSR count). The van der Waals surface area contributed by atoms with Gasteiger partial charge in [0.05, 0.1) is 5.52 Å². The zero-order valence-electron chi connectivity index (χ0n) is 12.4. The van der Waals surface area contributed by atoms with E-state index in [1.54, 1.807) is 10.6 Å². The summed E-state index contributed by atoms with van der Waals surface area (Å²) in [6.07, 6.45) is 0.746. The summed E-state index contributed by atoms with van der Waals surface area (Å²) < 4.78 is 1.59. The smallest absolute Gasteiger partial charge is 0.267 e. The summed E-state index contributed by atoms with van der Waals surface area (Å²) in [7, 11) is 0. The lowest BCUT2D eigenvalue weighted by Crippen LogP contribution is -2.43. The Bertz CT molecular complexity index is 813. The molecule has 1 aliphatic heterocycles. The third kappa shape index (κ3) is 2.09. The Balaban J connectivity index is 2.28. The highest BCUT2D eigenvalue weighted by atomic mass is 16.3. The maximum absolute atomic E-state index is 12.5. The van der Waals surface area contributed by atoms with Crippen LogP contribution in [0.3, 0.4) is 0 Å². The monoisotopic (exact) mass is 286 g/mol. The van der Waals surface area contributed by atoms with E-state index in [2.05, 4.69) is 5.32 Å². The molecule has 1 amide bonds. The number of carbonyl (C=O) groups excluding carboxylic acids is 1. The molecule has 5 nitrogen and oxygen atoms in total. The first-order valence-corrected chi connectivity index (χ1v) is 6.99. The van der Waals surface area contributed by atoms with Gasteiger partial charge in [0.2, 0.25) is 0 Å². The van der Waals surface area contributed by atoms with Crippen molar-refractivity contribution in [1.29, 1.82) is 0 Å². The van der Waals surface area contributed by atoms with Crippen LogP contribution in [0, 0.1) is 0 Å². The molecule has 21 heavy (non-hydrogen) atoms. The minimum atomic E-state index is -0.534. The largest absolute Gasteiger partial charge is 0.506 e. The molecule has 0 radical (unpaired) electrons. The summed E-state index contributed by atoms with van der Waals surface area (Å²) in [4.78, 5) is 24.9. The number of hydrogen-bond acceptors (Lipinski definition) is 3. The Kier molecular flexibility index (Phi) is 2.83. The lowest BCUT2D eigenvalue weighted by Gasteiger charge is -2.21. The number of hydrogen-bond donors (Lipinski definition) is 2. The fraction of sp³-hybridized carbons (Fsp3) is 0.375. The summed E-state index contributed by atoms with van der Waals surface area (Å²) >= 11 is 0. The van der Waals surface area contributed by atoms with Gasteiger partial charge in [0.25, 0.3) is 11.5 Å². The number of nitrogens with zero attached hydrogens (tertiary/aromatic N) is 1. The summed E-state index contributed by atoms with van der Waals surface area (Å²) in [5, 5.41) is 13.7. The van der Waals surface area contributed by atoms with Crippen molar-refractivity contribution < 1.29 is 9.90 Å². The Morgan fingerprint density at radius 1 is 1.33 bits per heavy atom. The van der Waals surface area contributed by atoms with Crippen LogP contribution in [0.25, 0.3) is 10.9 Å². The molecule has 2 heterocycles. The predicted molar refractivity (Wildman–Crippen MR) is 80.8 cm³/mol. The van der Waals surface area contributed by atoms with E-state index in [1.165, 1.54) is 0 Å². The lowest BCUT2D eigenvalue weighted by molar-refractivity contribution is 0.0915. The second-order valence-electron chi connectivity index (χ2n) is 6.45. The highest BCUT2D eigenvalue weighted by molar-refractivity contribution is 6.03. The third-order valence-electron chi connectivity index (χ3n) is 3.66. The van der Waals surface area contributed by atoms with Gasteiger partial charge >= 0.3 is 0 Å². The van der Waals surface area contributed by atoms with Gasteiger partial charge in [-0.25, -0.2) is 0 Å². The van der Waals surface area contributed by atoms with Gasteiger partial charge in [0.15, 0.2) is 0 Å². The number of aromatic nitrogens is 1. The van der Waals surface area contributed by atoms with Crippen LogP contribution in [0.5, 0.6) is 5.75 Å². The number of pyridine rings is 1. The van der Waals surface area contributed by atoms with Crippen molar-refractivity contribution in [2.75, 3.05) is 0 Å². The second-order valence-corrected chi connectivity index (χ2v) is 6.45. The number of para-hydroxylation sites is 1. The zero-order valence-corrected chi connectivity index (χ0v) is 12.4. The fourth-order valence-corrected chi connectivity index (χ4v) is 2.83. The Morgan fingerprint density at radius 3 is 2.71 bits per heavy atom. The van der Waals surface area contributed by atoms with E-state index in [4.69, 9.17) is 0 Å². The van der Waals surface area contributed by atoms with Crippen LogP contribution >= 0.6 is 0 Å².